The quantitative estimate of drug-likeness (QED) is 0.496. The Hall–Kier alpha value is -3.47. The van der Waals surface area contributed by atoms with E-state index in [0.29, 0.717) is 12.1 Å². The van der Waals surface area contributed by atoms with Gasteiger partial charge in [0.25, 0.3) is 5.91 Å². The number of benzene rings is 1. The van der Waals surface area contributed by atoms with Gasteiger partial charge >= 0.3 is 0 Å². The third kappa shape index (κ3) is 5.18. The van der Waals surface area contributed by atoms with Crippen LogP contribution in [0.1, 0.15) is 58.9 Å². The molecule has 37 heavy (non-hydrogen) atoms. The number of nitrogens with zero attached hydrogens (tertiary/aromatic N) is 6. The van der Waals surface area contributed by atoms with Gasteiger partial charge in [0.2, 0.25) is 10.0 Å². The molecule has 10 nitrogen and oxygen atoms in total. The monoisotopic (exact) mass is 523 g/mol. The number of aromatic nitrogens is 3. The van der Waals surface area contributed by atoms with Gasteiger partial charge < -0.3 is 9.80 Å². The van der Waals surface area contributed by atoms with Gasteiger partial charge in [-0.25, -0.2) is 17.9 Å². The molecule has 0 aliphatic carbocycles. The summed E-state index contributed by atoms with van der Waals surface area (Å²) in [6, 6.07) is 7.21. The summed E-state index contributed by atoms with van der Waals surface area (Å²) in [6.07, 6.45) is 6.60. The fourth-order valence-electron chi connectivity index (χ4n) is 5.34. The first-order chi connectivity index (χ1) is 17.6. The topological polar surface area (TPSA) is 112 Å². The Kier molecular flexibility index (Phi) is 6.65. The zero-order valence-electron chi connectivity index (χ0n) is 21.5. The molecule has 1 N–H and O–H groups in total. The number of sulfonamides is 1. The van der Waals surface area contributed by atoms with Crippen LogP contribution in [0.15, 0.2) is 35.5 Å². The molecule has 0 unspecified atom stereocenters. The number of carbonyl (C=O) groups excluding carboxylic acids is 1. The van der Waals surface area contributed by atoms with Crippen LogP contribution in [-0.4, -0.2) is 72.5 Å². The number of carbonyl (C=O) groups is 1. The number of rotatable bonds is 6. The van der Waals surface area contributed by atoms with Gasteiger partial charge in [0.1, 0.15) is 0 Å². The van der Waals surface area contributed by atoms with E-state index in [1.165, 1.54) is 0 Å². The van der Waals surface area contributed by atoms with Gasteiger partial charge in [-0.05, 0) is 70.0 Å². The van der Waals surface area contributed by atoms with Crippen molar-refractivity contribution in [3.05, 3.63) is 52.8 Å². The van der Waals surface area contributed by atoms with Crippen molar-refractivity contribution in [3.63, 3.8) is 0 Å². The number of amides is 1. The van der Waals surface area contributed by atoms with E-state index in [0.717, 1.165) is 73.3 Å². The first kappa shape index (κ1) is 25.2. The molecule has 4 heterocycles. The van der Waals surface area contributed by atoms with Crippen molar-refractivity contribution in [2.24, 2.45) is 4.99 Å². The van der Waals surface area contributed by atoms with Gasteiger partial charge in [-0.3, -0.25) is 14.5 Å². The third-order valence-electron chi connectivity index (χ3n) is 7.16. The second kappa shape index (κ2) is 9.77. The largest absolute Gasteiger partial charge is 0.353 e. The summed E-state index contributed by atoms with van der Waals surface area (Å²) in [5, 5.41) is 4.87. The molecule has 0 saturated carbocycles. The Morgan fingerprint density at radius 1 is 1.16 bits per heavy atom. The van der Waals surface area contributed by atoms with Gasteiger partial charge in [-0.15, -0.1) is 5.10 Å². The Balaban J connectivity index is 1.48. The summed E-state index contributed by atoms with van der Waals surface area (Å²) >= 11 is 0. The van der Waals surface area contributed by atoms with Gasteiger partial charge in [-0.1, -0.05) is 11.6 Å². The van der Waals surface area contributed by atoms with Gasteiger partial charge in [0.15, 0.2) is 11.5 Å². The Morgan fingerprint density at radius 2 is 1.97 bits per heavy atom. The molecule has 2 fully saturated rings. The number of nitrogens with one attached hydrogen (secondary N) is 1. The summed E-state index contributed by atoms with van der Waals surface area (Å²) < 4.78 is 28.2. The molecule has 2 aromatic heterocycles. The maximum absolute atomic E-state index is 13.8. The van der Waals surface area contributed by atoms with Crippen LogP contribution in [0.25, 0.3) is 5.65 Å². The van der Waals surface area contributed by atoms with Crippen LogP contribution in [0.5, 0.6) is 0 Å². The predicted molar refractivity (Wildman–Crippen MR) is 145 cm³/mol. The summed E-state index contributed by atoms with van der Waals surface area (Å²) in [7, 11) is -3.54. The lowest BCUT2D eigenvalue weighted by atomic mass is 9.98. The minimum Gasteiger partial charge on any atom is -0.353 e. The summed E-state index contributed by atoms with van der Waals surface area (Å²) in [6.45, 7) is 9.87. The molecule has 1 amide bonds. The van der Waals surface area contributed by atoms with Gasteiger partial charge in [0.05, 0.1) is 41.5 Å². The van der Waals surface area contributed by atoms with Crippen LogP contribution in [0.4, 0.5) is 11.5 Å². The Morgan fingerprint density at radius 3 is 2.70 bits per heavy atom. The van der Waals surface area contributed by atoms with Crippen molar-refractivity contribution in [2.75, 3.05) is 35.5 Å². The van der Waals surface area contributed by atoms with Crippen LogP contribution < -0.4 is 9.62 Å². The number of anilines is 2. The molecule has 3 aromatic rings. The lowest BCUT2D eigenvalue weighted by molar-refractivity contribution is 0.0607. The van der Waals surface area contributed by atoms with E-state index in [-0.39, 0.29) is 23.7 Å². The maximum Gasteiger partial charge on any atom is 0.256 e. The van der Waals surface area contributed by atoms with Crippen LogP contribution in [0, 0.1) is 13.8 Å². The van der Waals surface area contributed by atoms with E-state index in [2.05, 4.69) is 21.3 Å². The second-order valence-corrected chi connectivity index (χ2v) is 11.9. The molecule has 2 saturated heterocycles. The highest BCUT2D eigenvalue weighted by Gasteiger charge is 2.32. The van der Waals surface area contributed by atoms with Crippen molar-refractivity contribution >= 4 is 39.8 Å². The van der Waals surface area contributed by atoms with Crippen molar-refractivity contribution in [1.29, 1.82) is 0 Å². The number of hydrogen-bond acceptors (Lipinski definition) is 7. The van der Waals surface area contributed by atoms with Crippen molar-refractivity contribution < 1.29 is 13.2 Å². The molecular weight excluding hydrogens is 490 g/mol. The fourth-order valence-corrected chi connectivity index (χ4v) is 5.92. The molecule has 2 aliphatic heterocycles. The summed E-state index contributed by atoms with van der Waals surface area (Å²) in [5.74, 6) is 0.705. The normalized spacial score (nSPS) is 20.4. The minimum absolute atomic E-state index is 0.207. The number of piperidine rings is 1. The number of fused-ring (bicyclic) bond motifs is 1. The molecule has 2 atom stereocenters. The summed E-state index contributed by atoms with van der Waals surface area (Å²) in [5.41, 5.74) is 4.08. The number of aryl methyl sites for hydroxylation is 2. The van der Waals surface area contributed by atoms with Crippen LogP contribution >= 0.6 is 0 Å². The van der Waals surface area contributed by atoms with E-state index in [1.54, 1.807) is 22.7 Å². The molecule has 1 aromatic carbocycles. The van der Waals surface area contributed by atoms with E-state index in [9.17, 15) is 13.2 Å². The highest BCUT2D eigenvalue weighted by molar-refractivity contribution is 7.92. The fraction of sp³-hybridized carbons (Fsp3) is 0.462. The highest BCUT2D eigenvalue weighted by atomic mass is 32.2. The Labute approximate surface area is 217 Å². The first-order valence-electron chi connectivity index (χ1n) is 12.6. The standard InChI is InChI=1S/C26H33N7O3S/c1-17-8-9-21(30-37(4,35)36)20(13-17)26(34)32-11-6-5-7-23(32)22-16-33-24(28-22)14-18(2)25(29-33)31-12-10-19(15-31)27-3/h8-9,13-14,16,19,23,30H,3,5-7,10-12,15H2,1-2,4H3/t19-,23-/m0/s1. The van der Waals surface area contributed by atoms with E-state index in [1.807, 2.05) is 31.0 Å². The van der Waals surface area contributed by atoms with Crippen LogP contribution in [0.3, 0.4) is 0 Å². The number of hydrogen-bond donors (Lipinski definition) is 1. The third-order valence-corrected chi connectivity index (χ3v) is 7.75. The van der Waals surface area contributed by atoms with E-state index in [4.69, 9.17) is 10.1 Å². The van der Waals surface area contributed by atoms with Crippen LogP contribution in [0.2, 0.25) is 0 Å². The first-order valence-corrected chi connectivity index (χ1v) is 14.5. The van der Waals surface area contributed by atoms with Gasteiger partial charge in [-0.2, -0.15) is 0 Å². The van der Waals surface area contributed by atoms with Crippen LogP contribution in [-0.2, 0) is 10.0 Å². The van der Waals surface area contributed by atoms with E-state index >= 15 is 0 Å². The lowest BCUT2D eigenvalue weighted by Gasteiger charge is -2.35. The minimum atomic E-state index is -3.54. The van der Waals surface area contributed by atoms with Crippen molar-refractivity contribution in [3.8, 4) is 0 Å². The molecule has 11 heteroatoms. The average Bonchev–Trinajstić information content (AvgIpc) is 3.50. The van der Waals surface area contributed by atoms with Crippen molar-refractivity contribution in [2.45, 2.75) is 51.6 Å². The SMILES string of the molecule is C=N[C@H]1CCN(c2nn3cc([C@@H]4CCCCN4C(=O)c4cc(C)ccc4NS(C)(=O)=O)nc3cc2C)C1. The zero-order valence-corrected chi connectivity index (χ0v) is 22.3. The molecule has 5 rings (SSSR count). The van der Waals surface area contributed by atoms with E-state index < -0.39 is 10.0 Å². The van der Waals surface area contributed by atoms with Gasteiger partial charge in [0, 0.05) is 19.6 Å². The molecular formula is C26H33N7O3S. The number of imidazole rings is 1. The smallest absolute Gasteiger partial charge is 0.256 e. The molecule has 196 valence electrons. The molecule has 0 bridgehead atoms. The zero-order chi connectivity index (χ0) is 26.3. The highest BCUT2D eigenvalue weighted by Crippen LogP contribution is 2.34. The molecule has 0 radical (unpaired) electrons. The molecule has 2 aliphatic rings. The maximum atomic E-state index is 13.8. The number of aliphatic imine (C=N–C) groups is 1. The molecule has 0 spiro atoms. The lowest BCUT2D eigenvalue weighted by Crippen LogP contribution is -2.39. The average molecular weight is 524 g/mol. The Bertz CT molecular complexity index is 1470. The second-order valence-electron chi connectivity index (χ2n) is 10.1. The van der Waals surface area contributed by atoms with Crippen molar-refractivity contribution in [1.82, 2.24) is 19.5 Å². The predicted octanol–water partition coefficient (Wildman–Crippen LogP) is 3.36. The summed E-state index contributed by atoms with van der Waals surface area (Å²) in [4.78, 5) is 26.9. The number of likely N-dealkylation sites (tertiary alicyclic amines) is 1.